The maximum absolute atomic E-state index is 6.17. The Morgan fingerprint density at radius 3 is 2.74 bits per heavy atom. The van der Waals surface area contributed by atoms with Crippen LogP contribution in [0.4, 0.5) is 0 Å². The van der Waals surface area contributed by atoms with Crippen LogP contribution in [0.1, 0.15) is 31.2 Å². The SMILES string of the molecule is Cc1nnc(-c2cn3ncnc(Cl)c3c2C(C)C)o1. The molecule has 0 aliphatic heterocycles. The van der Waals surface area contributed by atoms with Crippen LogP contribution in [-0.2, 0) is 0 Å². The van der Waals surface area contributed by atoms with E-state index in [2.05, 4.69) is 34.1 Å². The fourth-order valence-electron chi connectivity index (χ4n) is 2.16. The molecule has 19 heavy (non-hydrogen) atoms. The predicted octanol–water partition coefficient (Wildman–Crippen LogP) is 2.86. The first-order valence-electron chi connectivity index (χ1n) is 5.90. The van der Waals surface area contributed by atoms with Crippen LogP contribution >= 0.6 is 11.6 Å². The van der Waals surface area contributed by atoms with Crippen molar-refractivity contribution < 1.29 is 4.42 Å². The lowest BCUT2D eigenvalue weighted by Gasteiger charge is -2.06. The van der Waals surface area contributed by atoms with Crippen LogP contribution in [0.25, 0.3) is 17.0 Å². The highest BCUT2D eigenvalue weighted by Crippen LogP contribution is 2.35. The summed E-state index contributed by atoms with van der Waals surface area (Å²) in [4.78, 5) is 4.03. The molecule has 3 aromatic rings. The molecule has 0 bridgehead atoms. The average Bonchev–Trinajstić information content (AvgIpc) is 2.92. The molecule has 0 aliphatic carbocycles. The molecule has 0 N–H and O–H groups in total. The summed E-state index contributed by atoms with van der Waals surface area (Å²) in [5.74, 6) is 1.23. The van der Waals surface area contributed by atoms with Crippen molar-refractivity contribution in [1.82, 2.24) is 24.8 Å². The van der Waals surface area contributed by atoms with Gasteiger partial charge in [0.05, 0.1) is 5.56 Å². The molecule has 3 aromatic heterocycles. The van der Waals surface area contributed by atoms with E-state index >= 15 is 0 Å². The van der Waals surface area contributed by atoms with Crippen molar-refractivity contribution in [2.45, 2.75) is 26.7 Å². The molecule has 0 aliphatic rings. The normalized spacial score (nSPS) is 11.6. The fourth-order valence-corrected chi connectivity index (χ4v) is 2.39. The lowest BCUT2D eigenvalue weighted by molar-refractivity contribution is 0.532. The third-order valence-electron chi connectivity index (χ3n) is 2.90. The van der Waals surface area contributed by atoms with Gasteiger partial charge >= 0.3 is 0 Å². The minimum atomic E-state index is 0.232. The van der Waals surface area contributed by atoms with Gasteiger partial charge in [-0.1, -0.05) is 25.4 Å². The molecule has 98 valence electrons. The minimum absolute atomic E-state index is 0.232. The molecular formula is C12H12ClN5O. The quantitative estimate of drug-likeness (QED) is 0.720. The van der Waals surface area contributed by atoms with Gasteiger partial charge in [0, 0.05) is 13.1 Å². The molecule has 7 heteroatoms. The molecular weight excluding hydrogens is 266 g/mol. The van der Waals surface area contributed by atoms with E-state index in [0.717, 1.165) is 16.6 Å². The highest BCUT2D eigenvalue weighted by Gasteiger charge is 2.21. The highest BCUT2D eigenvalue weighted by molar-refractivity contribution is 6.32. The van der Waals surface area contributed by atoms with Crippen molar-refractivity contribution in [3.63, 3.8) is 0 Å². The van der Waals surface area contributed by atoms with E-state index in [0.29, 0.717) is 16.9 Å². The zero-order valence-corrected chi connectivity index (χ0v) is 11.5. The van der Waals surface area contributed by atoms with Crippen molar-refractivity contribution >= 4 is 17.1 Å². The first-order valence-corrected chi connectivity index (χ1v) is 6.28. The van der Waals surface area contributed by atoms with E-state index in [4.69, 9.17) is 16.0 Å². The maximum atomic E-state index is 6.17. The first kappa shape index (κ1) is 12.1. The summed E-state index contributed by atoms with van der Waals surface area (Å²) >= 11 is 6.17. The van der Waals surface area contributed by atoms with Gasteiger partial charge in [0.25, 0.3) is 0 Å². The Morgan fingerprint density at radius 2 is 2.11 bits per heavy atom. The summed E-state index contributed by atoms with van der Waals surface area (Å²) in [6.45, 7) is 5.91. The Bertz CT molecular complexity index is 746. The molecule has 0 radical (unpaired) electrons. The smallest absolute Gasteiger partial charge is 0.249 e. The number of hydrogen-bond acceptors (Lipinski definition) is 5. The summed E-state index contributed by atoms with van der Waals surface area (Å²) in [5.41, 5.74) is 2.64. The van der Waals surface area contributed by atoms with Gasteiger partial charge in [-0.05, 0) is 11.5 Å². The van der Waals surface area contributed by atoms with Crippen molar-refractivity contribution in [2.24, 2.45) is 0 Å². The number of hydrogen-bond donors (Lipinski definition) is 0. The van der Waals surface area contributed by atoms with E-state index < -0.39 is 0 Å². The monoisotopic (exact) mass is 277 g/mol. The van der Waals surface area contributed by atoms with Crippen LogP contribution in [0, 0.1) is 6.92 Å². The number of rotatable bonds is 2. The Kier molecular flexibility index (Phi) is 2.74. The van der Waals surface area contributed by atoms with Gasteiger partial charge in [-0.25, -0.2) is 9.50 Å². The number of fused-ring (bicyclic) bond motifs is 1. The topological polar surface area (TPSA) is 69.1 Å². The van der Waals surface area contributed by atoms with E-state index in [-0.39, 0.29) is 5.92 Å². The van der Waals surface area contributed by atoms with Crippen LogP contribution in [0.5, 0.6) is 0 Å². The lowest BCUT2D eigenvalue weighted by atomic mass is 10.0. The van der Waals surface area contributed by atoms with Gasteiger partial charge in [-0.15, -0.1) is 10.2 Å². The summed E-state index contributed by atoms with van der Waals surface area (Å²) in [5, 5.41) is 12.5. The zero-order valence-electron chi connectivity index (χ0n) is 10.8. The maximum Gasteiger partial charge on any atom is 0.249 e. The van der Waals surface area contributed by atoms with Crippen molar-refractivity contribution in [3.05, 3.63) is 29.1 Å². The Balaban J connectivity index is 2.36. The van der Waals surface area contributed by atoms with Crippen molar-refractivity contribution in [2.75, 3.05) is 0 Å². The summed E-state index contributed by atoms with van der Waals surface area (Å²) in [6.07, 6.45) is 3.26. The number of aromatic nitrogens is 5. The van der Waals surface area contributed by atoms with Crippen LogP contribution in [0.15, 0.2) is 16.9 Å². The van der Waals surface area contributed by atoms with Gasteiger partial charge < -0.3 is 4.42 Å². The molecule has 0 aromatic carbocycles. The lowest BCUT2D eigenvalue weighted by Crippen LogP contribution is -1.95. The van der Waals surface area contributed by atoms with Crippen LogP contribution in [-0.4, -0.2) is 24.8 Å². The number of aryl methyl sites for hydroxylation is 1. The molecule has 3 heterocycles. The van der Waals surface area contributed by atoms with E-state index in [1.165, 1.54) is 6.33 Å². The van der Waals surface area contributed by atoms with Gasteiger partial charge in [0.1, 0.15) is 11.8 Å². The van der Waals surface area contributed by atoms with Crippen LogP contribution in [0.2, 0.25) is 5.15 Å². The first-order chi connectivity index (χ1) is 9.08. The molecule has 0 spiro atoms. The molecule has 0 unspecified atom stereocenters. The molecule has 6 nitrogen and oxygen atoms in total. The number of nitrogens with zero attached hydrogens (tertiary/aromatic N) is 5. The third-order valence-corrected chi connectivity index (χ3v) is 3.18. The third kappa shape index (κ3) is 1.88. The molecule has 3 rings (SSSR count). The second-order valence-corrected chi connectivity index (χ2v) is 4.94. The minimum Gasteiger partial charge on any atom is -0.421 e. The highest BCUT2D eigenvalue weighted by atomic mass is 35.5. The summed E-state index contributed by atoms with van der Waals surface area (Å²) in [7, 11) is 0. The van der Waals surface area contributed by atoms with Gasteiger partial charge in [0.15, 0.2) is 5.15 Å². The molecule has 0 saturated carbocycles. The average molecular weight is 278 g/mol. The second kappa shape index (κ2) is 4.31. The molecule has 0 saturated heterocycles. The van der Waals surface area contributed by atoms with Crippen LogP contribution < -0.4 is 0 Å². The standard InChI is InChI=1S/C12H12ClN5O/c1-6(2)9-8(12-17-16-7(3)19-12)4-18-10(9)11(13)14-5-15-18/h4-6H,1-3H3. The second-order valence-electron chi connectivity index (χ2n) is 4.58. The zero-order chi connectivity index (χ0) is 13.6. The molecule has 0 amide bonds. The van der Waals surface area contributed by atoms with Gasteiger partial charge in [-0.2, -0.15) is 5.10 Å². The Morgan fingerprint density at radius 1 is 1.32 bits per heavy atom. The summed E-state index contributed by atoms with van der Waals surface area (Å²) in [6, 6.07) is 0. The van der Waals surface area contributed by atoms with Crippen LogP contribution in [0.3, 0.4) is 0 Å². The Labute approximate surface area is 114 Å². The predicted molar refractivity (Wildman–Crippen MR) is 70.1 cm³/mol. The van der Waals surface area contributed by atoms with Gasteiger partial charge in [0.2, 0.25) is 11.8 Å². The molecule has 0 atom stereocenters. The van der Waals surface area contributed by atoms with Gasteiger partial charge in [-0.3, -0.25) is 0 Å². The number of halogens is 1. The van der Waals surface area contributed by atoms with E-state index in [1.54, 1.807) is 11.4 Å². The van der Waals surface area contributed by atoms with Crippen molar-refractivity contribution in [3.8, 4) is 11.5 Å². The fraction of sp³-hybridized carbons (Fsp3) is 0.333. The van der Waals surface area contributed by atoms with E-state index in [9.17, 15) is 0 Å². The summed E-state index contributed by atoms with van der Waals surface area (Å²) < 4.78 is 7.20. The largest absolute Gasteiger partial charge is 0.421 e. The van der Waals surface area contributed by atoms with Crippen molar-refractivity contribution in [1.29, 1.82) is 0 Å². The molecule has 0 fully saturated rings. The van der Waals surface area contributed by atoms with E-state index in [1.807, 2.05) is 6.20 Å². The Hall–Kier alpha value is -1.95.